The number of rotatable bonds is 5. The predicted molar refractivity (Wildman–Crippen MR) is 110 cm³/mol. The quantitative estimate of drug-likeness (QED) is 0.514. The van der Waals surface area contributed by atoms with Gasteiger partial charge >= 0.3 is 0 Å². The second-order valence-electron chi connectivity index (χ2n) is 6.55. The average Bonchev–Trinajstić information content (AvgIpc) is 3.31. The molecule has 2 heterocycles. The Morgan fingerprint density at radius 3 is 2.68 bits per heavy atom. The molecule has 0 aliphatic rings. The van der Waals surface area contributed by atoms with Gasteiger partial charge in [0, 0.05) is 18.3 Å². The number of aromatic nitrogens is 3. The molecule has 0 radical (unpaired) electrons. The van der Waals surface area contributed by atoms with Gasteiger partial charge in [-0.1, -0.05) is 23.4 Å². The molecule has 0 unspecified atom stereocenters. The minimum Gasteiger partial charge on any atom is -0.497 e. The van der Waals surface area contributed by atoms with Gasteiger partial charge in [0.1, 0.15) is 5.75 Å². The molecule has 2 aromatic carbocycles. The first-order valence-electron chi connectivity index (χ1n) is 8.86. The monoisotopic (exact) mass is 392 g/mol. The van der Waals surface area contributed by atoms with Gasteiger partial charge in [-0.25, -0.2) is 4.68 Å². The second-order valence-corrected chi connectivity index (χ2v) is 7.46. The molecule has 28 heavy (non-hydrogen) atoms. The number of thiophene rings is 1. The molecule has 0 spiro atoms. The van der Waals surface area contributed by atoms with Gasteiger partial charge < -0.3 is 9.64 Å². The van der Waals surface area contributed by atoms with Crippen LogP contribution in [0.4, 0.5) is 0 Å². The van der Waals surface area contributed by atoms with Gasteiger partial charge in [-0.3, -0.25) is 4.79 Å². The summed E-state index contributed by atoms with van der Waals surface area (Å²) in [6.07, 6.45) is 0. The Kier molecular flexibility index (Phi) is 4.83. The highest BCUT2D eigenvalue weighted by Gasteiger charge is 2.21. The topological polar surface area (TPSA) is 60.2 Å². The summed E-state index contributed by atoms with van der Waals surface area (Å²) in [6, 6.07) is 15.7. The third kappa shape index (κ3) is 3.25. The Morgan fingerprint density at radius 1 is 1.18 bits per heavy atom. The van der Waals surface area contributed by atoms with Crippen molar-refractivity contribution >= 4 is 27.3 Å². The molecule has 0 bridgehead atoms. The molecule has 6 nitrogen and oxygen atoms in total. The second kappa shape index (κ2) is 7.44. The summed E-state index contributed by atoms with van der Waals surface area (Å²) >= 11 is 1.69. The van der Waals surface area contributed by atoms with Gasteiger partial charge in [0.05, 0.1) is 18.5 Å². The number of amides is 1. The molecule has 1 amide bonds. The van der Waals surface area contributed by atoms with E-state index in [2.05, 4.69) is 27.8 Å². The first kappa shape index (κ1) is 18.2. The van der Waals surface area contributed by atoms with Gasteiger partial charge in [-0.05, 0) is 53.6 Å². The van der Waals surface area contributed by atoms with Crippen molar-refractivity contribution in [1.29, 1.82) is 0 Å². The molecule has 7 heteroatoms. The summed E-state index contributed by atoms with van der Waals surface area (Å²) in [5.41, 5.74) is 3.03. The van der Waals surface area contributed by atoms with Crippen molar-refractivity contribution in [3.05, 3.63) is 70.9 Å². The van der Waals surface area contributed by atoms with Crippen LogP contribution in [0.15, 0.2) is 53.9 Å². The van der Waals surface area contributed by atoms with Crippen LogP contribution in [0.1, 0.15) is 21.7 Å². The maximum absolute atomic E-state index is 13.0. The smallest absolute Gasteiger partial charge is 0.276 e. The molecule has 0 saturated heterocycles. The van der Waals surface area contributed by atoms with E-state index in [4.69, 9.17) is 4.74 Å². The fourth-order valence-corrected chi connectivity index (χ4v) is 4.11. The van der Waals surface area contributed by atoms with Gasteiger partial charge in [0.2, 0.25) is 0 Å². The first-order chi connectivity index (χ1) is 13.6. The van der Waals surface area contributed by atoms with E-state index in [1.54, 1.807) is 35.1 Å². The summed E-state index contributed by atoms with van der Waals surface area (Å²) in [4.78, 5) is 14.7. The zero-order chi connectivity index (χ0) is 19.7. The van der Waals surface area contributed by atoms with Crippen LogP contribution in [0.5, 0.6) is 5.75 Å². The number of hydrogen-bond acceptors (Lipinski definition) is 5. The number of nitrogens with zero attached hydrogens (tertiary/aromatic N) is 4. The van der Waals surface area contributed by atoms with Gasteiger partial charge in [0.15, 0.2) is 5.69 Å². The Bertz CT molecular complexity index is 1130. The van der Waals surface area contributed by atoms with Crippen LogP contribution in [-0.2, 0) is 6.54 Å². The Morgan fingerprint density at radius 2 is 1.93 bits per heavy atom. The van der Waals surface area contributed by atoms with E-state index in [0.29, 0.717) is 17.9 Å². The van der Waals surface area contributed by atoms with Crippen molar-refractivity contribution in [1.82, 2.24) is 19.9 Å². The molecule has 142 valence electrons. The maximum atomic E-state index is 13.0. The maximum Gasteiger partial charge on any atom is 0.276 e. The molecular formula is C21H20N4O2S. The van der Waals surface area contributed by atoms with Crippen LogP contribution in [0.25, 0.3) is 15.8 Å². The largest absolute Gasteiger partial charge is 0.497 e. The summed E-state index contributed by atoms with van der Waals surface area (Å²) in [6.45, 7) is 2.38. The van der Waals surface area contributed by atoms with E-state index in [1.165, 1.54) is 10.1 Å². The zero-order valence-electron chi connectivity index (χ0n) is 15.9. The van der Waals surface area contributed by atoms with E-state index in [1.807, 2.05) is 43.3 Å². The molecule has 4 rings (SSSR count). The van der Waals surface area contributed by atoms with Crippen LogP contribution >= 0.6 is 11.3 Å². The highest BCUT2D eigenvalue weighted by molar-refractivity contribution is 7.17. The molecule has 0 aliphatic carbocycles. The number of ether oxygens (including phenoxy) is 1. The zero-order valence-corrected chi connectivity index (χ0v) is 16.7. The lowest BCUT2D eigenvalue weighted by Gasteiger charge is -2.16. The van der Waals surface area contributed by atoms with E-state index >= 15 is 0 Å². The molecule has 2 aromatic heterocycles. The van der Waals surface area contributed by atoms with Crippen molar-refractivity contribution in [3.8, 4) is 11.4 Å². The van der Waals surface area contributed by atoms with E-state index in [-0.39, 0.29) is 5.91 Å². The van der Waals surface area contributed by atoms with Crippen LogP contribution in [0.3, 0.4) is 0 Å². The fourth-order valence-electron chi connectivity index (χ4n) is 3.16. The predicted octanol–water partition coefficient (Wildman–Crippen LogP) is 4.07. The van der Waals surface area contributed by atoms with Gasteiger partial charge in [-0.2, -0.15) is 0 Å². The molecule has 0 aliphatic heterocycles. The average molecular weight is 392 g/mol. The number of methoxy groups -OCH3 is 1. The summed E-state index contributed by atoms with van der Waals surface area (Å²) < 4.78 is 8.07. The van der Waals surface area contributed by atoms with E-state index in [9.17, 15) is 4.79 Å². The van der Waals surface area contributed by atoms with Crippen LogP contribution in [-0.4, -0.2) is 40.0 Å². The summed E-state index contributed by atoms with van der Waals surface area (Å²) in [7, 11) is 3.42. The summed E-state index contributed by atoms with van der Waals surface area (Å²) in [5.74, 6) is 0.619. The Hall–Kier alpha value is -3.19. The standard InChI is InChI=1S/C21H20N4O2S/c1-14-20(22-23-25(14)16-8-10-17(27-3)11-9-16)21(26)24(2)12-15-13-28-19-7-5-4-6-18(15)19/h4-11,13H,12H2,1-3H3. The Balaban J connectivity index is 1.56. The molecule has 0 fully saturated rings. The SMILES string of the molecule is COc1ccc(-n2nnc(C(=O)N(C)Cc3csc4ccccc34)c2C)cc1. The third-order valence-corrected chi connectivity index (χ3v) is 5.74. The molecule has 0 N–H and O–H groups in total. The first-order valence-corrected chi connectivity index (χ1v) is 9.73. The van der Waals surface area contributed by atoms with Crippen molar-refractivity contribution in [2.75, 3.05) is 14.2 Å². The fraction of sp³-hybridized carbons (Fsp3) is 0.190. The number of fused-ring (bicyclic) bond motifs is 1. The Labute approximate surface area is 167 Å². The molecule has 0 saturated carbocycles. The molecule has 0 atom stereocenters. The van der Waals surface area contributed by atoms with E-state index in [0.717, 1.165) is 17.0 Å². The van der Waals surface area contributed by atoms with Crippen molar-refractivity contribution in [3.63, 3.8) is 0 Å². The minimum absolute atomic E-state index is 0.146. The number of benzene rings is 2. The minimum atomic E-state index is -0.146. The molecular weight excluding hydrogens is 372 g/mol. The highest BCUT2D eigenvalue weighted by atomic mass is 32.1. The third-order valence-electron chi connectivity index (χ3n) is 4.73. The summed E-state index contributed by atoms with van der Waals surface area (Å²) in [5, 5.41) is 11.6. The van der Waals surface area contributed by atoms with Gasteiger partial charge in [-0.15, -0.1) is 16.4 Å². The van der Waals surface area contributed by atoms with Crippen LogP contribution in [0, 0.1) is 6.92 Å². The van der Waals surface area contributed by atoms with Gasteiger partial charge in [0.25, 0.3) is 5.91 Å². The number of carbonyl (C=O) groups excluding carboxylic acids is 1. The lowest BCUT2D eigenvalue weighted by atomic mass is 10.1. The van der Waals surface area contributed by atoms with Crippen molar-refractivity contribution < 1.29 is 9.53 Å². The van der Waals surface area contributed by atoms with Crippen LogP contribution in [0.2, 0.25) is 0 Å². The van der Waals surface area contributed by atoms with E-state index < -0.39 is 0 Å². The number of carbonyl (C=O) groups is 1. The molecule has 4 aromatic rings. The number of hydrogen-bond donors (Lipinski definition) is 0. The van der Waals surface area contributed by atoms with Crippen molar-refractivity contribution in [2.24, 2.45) is 0 Å². The highest BCUT2D eigenvalue weighted by Crippen LogP contribution is 2.27. The van der Waals surface area contributed by atoms with Crippen LogP contribution < -0.4 is 4.74 Å². The lowest BCUT2D eigenvalue weighted by Crippen LogP contribution is -2.27. The van der Waals surface area contributed by atoms with Crippen molar-refractivity contribution in [2.45, 2.75) is 13.5 Å². The lowest BCUT2D eigenvalue weighted by molar-refractivity contribution is 0.0779. The normalized spacial score (nSPS) is 11.0.